The molecule has 0 amide bonds. The zero-order valence-corrected chi connectivity index (χ0v) is 25.9. The molecule has 4 N–H and O–H groups in total. The first kappa shape index (κ1) is 29.9. The van der Waals surface area contributed by atoms with Crippen molar-refractivity contribution in [1.82, 2.24) is 0 Å². The highest BCUT2D eigenvalue weighted by Crippen LogP contribution is 2.44. The van der Waals surface area contributed by atoms with Crippen LogP contribution in [0.3, 0.4) is 0 Å². The van der Waals surface area contributed by atoms with Crippen molar-refractivity contribution >= 4 is 0 Å². The van der Waals surface area contributed by atoms with Gasteiger partial charge in [-0.05, 0) is 125 Å². The van der Waals surface area contributed by atoms with E-state index in [1.54, 1.807) is 0 Å². The Bertz CT molecular complexity index is 671. The Morgan fingerprint density at radius 1 is 0.325 bits per heavy atom. The molecular weight excluding hydrogens is 492 g/mol. The summed E-state index contributed by atoms with van der Waals surface area (Å²) in [7, 11) is 0. The highest BCUT2D eigenvalue weighted by molar-refractivity contribution is 4.93. The monoisotopic (exact) mass is 556 g/mol. The summed E-state index contributed by atoms with van der Waals surface area (Å²) in [4.78, 5) is 0. The lowest BCUT2D eigenvalue weighted by Gasteiger charge is -2.45. The Balaban J connectivity index is 0.950. The highest BCUT2D eigenvalue weighted by atomic mass is 16.5. The smallest absolute Gasteiger partial charge is 0.0732 e. The van der Waals surface area contributed by atoms with Crippen molar-refractivity contribution in [3.05, 3.63) is 0 Å². The Kier molecular flexibility index (Phi) is 10.9. The van der Waals surface area contributed by atoms with E-state index in [1.807, 2.05) is 0 Å². The lowest BCUT2D eigenvalue weighted by atomic mass is 9.69. The fourth-order valence-corrected chi connectivity index (χ4v) is 10.6. The molecule has 40 heavy (non-hydrogen) atoms. The van der Waals surface area contributed by atoms with E-state index in [9.17, 15) is 0 Å². The van der Waals surface area contributed by atoms with Crippen LogP contribution in [-0.4, -0.2) is 36.5 Å². The SMILES string of the molecule is NC1CCC(C2CCC(N)C(OC3CCC(C4CCCCC4)CC3)C2)CC1OC1CCC(C2CCCCC2)CC1. The van der Waals surface area contributed by atoms with Crippen LogP contribution >= 0.6 is 0 Å². The summed E-state index contributed by atoms with van der Waals surface area (Å²) in [5, 5.41) is 0. The second-order valence-corrected chi connectivity index (χ2v) is 15.7. The van der Waals surface area contributed by atoms with Gasteiger partial charge >= 0.3 is 0 Å². The molecule has 0 aromatic carbocycles. The molecule has 4 nitrogen and oxygen atoms in total. The van der Waals surface area contributed by atoms with Crippen LogP contribution in [0.5, 0.6) is 0 Å². The first-order valence-corrected chi connectivity index (χ1v) is 18.4. The summed E-state index contributed by atoms with van der Waals surface area (Å²) in [5.74, 6) is 5.44. The summed E-state index contributed by atoms with van der Waals surface area (Å²) in [6, 6.07) is 0.453. The molecule has 6 rings (SSSR count). The lowest BCUT2D eigenvalue weighted by molar-refractivity contribution is -0.0949. The molecule has 6 aliphatic carbocycles. The molecule has 0 bridgehead atoms. The second-order valence-electron chi connectivity index (χ2n) is 15.7. The minimum atomic E-state index is 0.226. The van der Waals surface area contributed by atoms with E-state index in [2.05, 4.69) is 0 Å². The fourth-order valence-electron chi connectivity index (χ4n) is 10.6. The van der Waals surface area contributed by atoms with Crippen LogP contribution in [0.25, 0.3) is 0 Å². The van der Waals surface area contributed by atoms with E-state index in [0.29, 0.717) is 12.2 Å². The number of nitrogens with two attached hydrogens (primary N) is 2. The van der Waals surface area contributed by atoms with E-state index < -0.39 is 0 Å². The summed E-state index contributed by atoms with van der Waals surface area (Å²) in [5.41, 5.74) is 13.4. The van der Waals surface area contributed by atoms with Gasteiger partial charge in [-0.2, -0.15) is 0 Å². The van der Waals surface area contributed by atoms with Gasteiger partial charge in [0.15, 0.2) is 0 Å². The molecule has 6 aliphatic rings. The van der Waals surface area contributed by atoms with Gasteiger partial charge in [0.1, 0.15) is 0 Å². The minimum Gasteiger partial charge on any atom is -0.373 e. The van der Waals surface area contributed by atoms with E-state index in [0.717, 1.165) is 48.3 Å². The Morgan fingerprint density at radius 2 is 0.650 bits per heavy atom. The van der Waals surface area contributed by atoms with Gasteiger partial charge in [-0.15, -0.1) is 0 Å². The summed E-state index contributed by atoms with van der Waals surface area (Å²) in [6.45, 7) is 0. The molecule has 0 aromatic heterocycles. The van der Waals surface area contributed by atoms with E-state index in [1.165, 1.54) is 141 Å². The lowest BCUT2D eigenvalue weighted by Crippen LogP contribution is -2.49. The maximum absolute atomic E-state index is 6.85. The third-order valence-electron chi connectivity index (χ3n) is 13.2. The summed E-state index contributed by atoms with van der Waals surface area (Å²) >= 11 is 0. The van der Waals surface area contributed by atoms with Gasteiger partial charge in [0.2, 0.25) is 0 Å². The first-order valence-electron chi connectivity index (χ1n) is 18.4. The fraction of sp³-hybridized carbons (Fsp3) is 1.00. The van der Waals surface area contributed by atoms with Crippen molar-refractivity contribution in [2.24, 2.45) is 47.0 Å². The van der Waals surface area contributed by atoms with Gasteiger partial charge in [0.05, 0.1) is 24.4 Å². The number of hydrogen-bond acceptors (Lipinski definition) is 4. The van der Waals surface area contributed by atoms with Crippen molar-refractivity contribution in [3.8, 4) is 0 Å². The third-order valence-corrected chi connectivity index (χ3v) is 13.2. The van der Waals surface area contributed by atoms with Crippen molar-refractivity contribution in [3.63, 3.8) is 0 Å². The summed E-state index contributed by atoms with van der Waals surface area (Å²) < 4.78 is 13.7. The van der Waals surface area contributed by atoms with Gasteiger partial charge in [-0.1, -0.05) is 64.2 Å². The zero-order chi connectivity index (χ0) is 27.3. The average Bonchev–Trinajstić information content (AvgIpc) is 3.01. The van der Waals surface area contributed by atoms with Crippen LogP contribution in [0.1, 0.15) is 154 Å². The number of rotatable bonds is 7. The predicted octanol–water partition coefficient (Wildman–Crippen LogP) is 8.29. The number of ether oxygens (including phenoxy) is 2. The van der Waals surface area contributed by atoms with Crippen LogP contribution in [0.2, 0.25) is 0 Å². The molecule has 6 fully saturated rings. The Hall–Kier alpha value is -0.160. The molecule has 0 heterocycles. The molecule has 0 aromatic rings. The van der Waals surface area contributed by atoms with E-state index >= 15 is 0 Å². The zero-order valence-electron chi connectivity index (χ0n) is 25.9. The van der Waals surface area contributed by atoms with Crippen LogP contribution in [0.4, 0.5) is 0 Å². The molecule has 6 atom stereocenters. The quantitative estimate of drug-likeness (QED) is 0.331. The largest absolute Gasteiger partial charge is 0.373 e. The maximum Gasteiger partial charge on any atom is 0.0732 e. The van der Waals surface area contributed by atoms with Crippen LogP contribution in [0, 0.1) is 35.5 Å². The van der Waals surface area contributed by atoms with Crippen molar-refractivity contribution < 1.29 is 9.47 Å². The van der Waals surface area contributed by atoms with Crippen LogP contribution < -0.4 is 11.5 Å². The molecule has 4 heteroatoms. The standard InChI is InChI=1S/C36H64N2O2/c37-33-21-15-29(23-35(33)39-31-17-11-27(12-18-31)25-7-3-1-4-8-25)30-16-22-34(38)36(24-30)40-32-19-13-28(14-20-32)26-9-5-2-6-10-26/h25-36H,1-24,37-38H2. The van der Waals surface area contributed by atoms with Crippen LogP contribution in [-0.2, 0) is 9.47 Å². The Labute approximate surface area is 246 Å². The van der Waals surface area contributed by atoms with Gasteiger partial charge in [0, 0.05) is 12.1 Å². The molecule has 230 valence electrons. The van der Waals surface area contributed by atoms with Gasteiger partial charge in [-0.25, -0.2) is 0 Å². The van der Waals surface area contributed by atoms with Gasteiger partial charge < -0.3 is 20.9 Å². The van der Waals surface area contributed by atoms with E-state index in [-0.39, 0.29) is 24.3 Å². The van der Waals surface area contributed by atoms with Crippen molar-refractivity contribution in [1.29, 1.82) is 0 Å². The van der Waals surface area contributed by atoms with Crippen LogP contribution in [0.15, 0.2) is 0 Å². The molecule has 0 spiro atoms. The van der Waals surface area contributed by atoms with Gasteiger partial charge in [-0.3, -0.25) is 0 Å². The van der Waals surface area contributed by atoms with Crippen molar-refractivity contribution in [2.75, 3.05) is 0 Å². The summed E-state index contributed by atoms with van der Waals surface area (Å²) in [6.07, 6.45) is 34.0. The maximum atomic E-state index is 6.85. The van der Waals surface area contributed by atoms with Crippen molar-refractivity contribution in [2.45, 2.75) is 191 Å². The van der Waals surface area contributed by atoms with E-state index in [4.69, 9.17) is 20.9 Å². The van der Waals surface area contributed by atoms with Gasteiger partial charge in [0.25, 0.3) is 0 Å². The number of hydrogen-bond donors (Lipinski definition) is 2. The topological polar surface area (TPSA) is 70.5 Å². The molecular formula is C36H64N2O2. The highest BCUT2D eigenvalue weighted by Gasteiger charge is 2.40. The molecule has 0 radical (unpaired) electrons. The normalized spacial score (nSPS) is 44.9. The second kappa shape index (κ2) is 14.5. The molecule has 0 aliphatic heterocycles. The third kappa shape index (κ3) is 7.67. The Morgan fingerprint density at radius 3 is 1.02 bits per heavy atom. The predicted molar refractivity (Wildman–Crippen MR) is 165 cm³/mol. The minimum absolute atomic E-state index is 0.226. The molecule has 6 unspecified atom stereocenters. The first-order chi connectivity index (χ1) is 19.6. The average molecular weight is 557 g/mol. The molecule has 6 saturated carbocycles. The molecule has 0 saturated heterocycles.